The number of rotatable bonds is 4. The zero-order chi connectivity index (χ0) is 20.5. The zero-order valence-corrected chi connectivity index (χ0v) is 17.0. The molecule has 0 aliphatic carbocycles. The molecule has 0 spiro atoms. The number of aromatic hydroxyl groups is 2. The molecule has 2 aromatic carbocycles. The number of benzene rings is 2. The molecule has 0 aliphatic heterocycles. The second kappa shape index (κ2) is 7.72. The van der Waals surface area contributed by atoms with E-state index in [9.17, 15) is 10.2 Å². The lowest BCUT2D eigenvalue weighted by atomic mass is 9.85. The maximum Gasteiger partial charge on any atom is 0.145 e. The monoisotopic (exact) mass is 404 g/mol. The van der Waals surface area contributed by atoms with Gasteiger partial charge < -0.3 is 10.2 Å². The third-order valence-electron chi connectivity index (χ3n) is 5.34. The number of halogens is 1. The van der Waals surface area contributed by atoms with Crippen molar-refractivity contribution in [3.8, 4) is 11.5 Å². The zero-order valence-electron chi connectivity index (χ0n) is 16.2. The highest BCUT2D eigenvalue weighted by Gasteiger charge is 2.22. The van der Waals surface area contributed by atoms with Gasteiger partial charge in [0.25, 0.3) is 0 Å². The fraction of sp³-hybridized carbons (Fsp3) is 0.167. The molecule has 1 atom stereocenters. The van der Waals surface area contributed by atoms with Crippen LogP contribution in [0, 0.1) is 13.8 Å². The van der Waals surface area contributed by atoms with Crippen LogP contribution >= 0.6 is 11.6 Å². The number of phenols is 2. The van der Waals surface area contributed by atoms with E-state index in [2.05, 4.69) is 9.97 Å². The molecule has 2 heterocycles. The molecule has 4 nitrogen and oxygen atoms in total. The molecule has 0 radical (unpaired) electrons. The normalized spacial score (nSPS) is 12.2. The fourth-order valence-electron chi connectivity index (χ4n) is 3.65. The minimum absolute atomic E-state index is 0.153. The number of aromatic nitrogens is 2. The number of pyridine rings is 2. The number of nitrogens with zero attached hydrogens (tertiary/aromatic N) is 2. The predicted molar refractivity (Wildman–Crippen MR) is 116 cm³/mol. The van der Waals surface area contributed by atoms with Gasteiger partial charge in [-0.1, -0.05) is 41.9 Å². The highest BCUT2D eigenvalue weighted by atomic mass is 35.5. The Kier molecular flexibility index (Phi) is 5.12. The van der Waals surface area contributed by atoms with E-state index in [0.29, 0.717) is 17.0 Å². The van der Waals surface area contributed by atoms with Crippen LogP contribution in [0.2, 0.25) is 5.02 Å². The lowest BCUT2D eigenvalue weighted by Gasteiger charge is -2.21. The second-order valence-electron chi connectivity index (χ2n) is 7.30. The van der Waals surface area contributed by atoms with Crippen LogP contribution < -0.4 is 0 Å². The molecule has 2 aromatic heterocycles. The quantitative estimate of drug-likeness (QED) is 0.458. The van der Waals surface area contributed by atoms with Crippen molar-refractivity contribution in [2.24, 2.45) is 0 Å². The van der Waals surface area contributed by atoms with Gasteiger partial charge in [-0.3, -0.25) is 9.97 Å². The molecule has 0 bridgehead atoms. The molecule has 0 saturated heterocycles. The molecule has 146 valence electrons. The molecular formula is C24H21ClN2O2. The van der Waals surface area contributed by atoms with E-state index < -0.39 is 0 Å². The standard InChI is InChI=1S/C24H21ClN2O2/c1-14-5-6-17(11-22(14)28)20(12-21-15(2)10-18(25)13-27-21)19-8-7-16-4-3-9-26-23(16)24(19)29/h3-11,13,20,28-29H,12H2,1-2H3. The summed E-state index contributed by atoms with van der Waals surface area (Å²) in [7, 11) is 0. The molecule has 2 N–H and O–H groups in total. The minimum Gasteiger partial charge on any atom is -0.508 e. The maximum absolute atomic E-state index is 11.0. The van der Waals surface area contributed by atoms with Crippen LogP contribution in [0.3, 0.4) is 0 Å². The summed E-state index contributed by atoms with van der Waals surface area (Å²) >= 11 is 6.07. The van der Waals surface area contributed by atoms with Crippen molar-refractivity contribution in [3.63, 3.8) is 0 Å². The highest BCUT2D eigenvalue weighted by molar-refractivity contribution is 6.30. The largest absolute Gasteiger partial charge is 0.508 e. The third kappa shape index (κ3) is 3.76. The number of aryl methyl sites for hydroxylation is 2. The van der Waals surface area contributed by atoms with Gasteiger partial charge in [0.1, 0.15) is 17.0 Å². The van der Waals surface area contributed by atoms with Gasteiger partial charge in [-0.2, -0.15) is 0 Å². The van der Waals surface area contributed by atoms with Gasteiger partial charge in [0, 0.05) is 41.4 Å². The van der Waals surface area contributed by atoms with E-state index in [1.54, 1.807) is 18.5 Å². The Labute approximate surface area is 174 Å². The van der Waals surface area contributed by atoms with E-state index in [0.717, 1.165) is 33.3 Å². The third-order valence-corrected chi connectivity index (χ3v) is 5.55. The Bertz CT molecular complexity index is 1210. The van der Waals surface area contributed by atoms with Crippen molar-refractivity contribution in [1.82, 2.24) is 9.97 Å². The van der Waals surface area contributed by atoms with E-state index in [1.807, 2.05) is 56.3 Å². The first kappa shape index (κ1) is 19.2. The Hall–Kier alpha value is -3.11. The molecule has 29 heavy (non-hydrogen) atoms. The van der Waals surface area contributed by atoms with Crippen LogP contribution in [0.4, 0.5) is 0 Å². The molecular weight excluding hydrogens is 384 g/mol. The van der Waals surface area contributed by atoms with E-state index in [4.69, 9.17) is 11.6 Å². The summed E-state index contributed by atoms with van der Waals surface area (Å²) in [6.07, 6.45) is 3.86. The van der Waals surface area contributed by atoms with Gasteiger partial charge in [0.2, 0.25) is 0 Å². The lowest BCUT2D eigenvalue weighted by Crippen LogP contribution is -2.08. The molecule has 1 unspecified atom stereocenters. The first-order valence-electron chi connectivity index (χ1n) is 9.41. The maximum atomic E-state index is 11.0. The average molecular weight is 405 g/mol. The van der Waals surface area contributed by atoms with Crippen LogP contribution in [0.15, 0.2) is 60.9 Å². The van der Waals surface area contributed by atoms with Gasteiger partial charge in [-0.25, -0.2) is 0 Å². The summed E-state index contributed by atoms with van der Waals surface area (Å²) in [5.74, 6) is 0.173. The van der Waals surface area contributed by atoms with Crippen LogP contribution in [-0.4, -0.2) is 20.2 Å². The summed E-state index contributed by atoms with van der Waals surface area (Å²) in [5.41, 5.74) is 4.88. The topological polar surface area (TPSA) is 66.2 Å². The Morgan fingerprint density at radius 2 is 1.79 bits per heavy atom. The fourth-order valence-corrected chi connectivity index (χ4v) is 3.87. The van der Waals surface area contributed by atoms with Crippen molar-refractivity contribution >= 4 is 22.5 Å². The number of phenolic OH excluding ortho intramolecular Hbond substituents is 2. The lowest BCUT2D eigenvalue weighted by molar-refractivity contribution is 0.465. The Balaban J connectivity index is 1.88. The molecule has 4 rings (SSSR count). The molecule has 0 aliphatic rings. The average Bonchev–Trinajstić information content (AvgIpc) is 2.71. The molecule has 0 amide bonds. The van der Waals surface area contributed by atoms with Crippen LogP contribution in [0.1, 0.15) is 33.9 Å². The van der Waals surface area contributed by atoms with Crippen molar-refractivity contribution in [1.29, 1.82) is 0 Å². The smallest absolute Gasteiger partial charge is 0.145 e. The van der Waals surface area contributed by atoms with Gasteiger partial charge in [-0.15, -0.1) is 0 Å². The molecule has 5 heteroatoms. The van der Waals surface area contributed by atoms with Crippen molar-refractivity contribution in [2.45, 2.75) is 26.2 Å². The van der Waals surface area contributed by atoms with E-state index in [1.165, 1.54) is 0 Å². The van der Waals surface area contributed by atoms with Gasteiger partial charge >= 0.3 is 0 Å². The predicted octanol–water partition coefficient (Wildman–Crippen LogP) is 5.69. The summed E-state index contributed by atoms with van der Waals surface area (Å²) in [5, 5.41) is 22.8. The summed E-state index contributed by atoms with van der Waals surface area (Å²) in [6.45, 7) is 3.83. The van der Waals surface area contributed by atoms with E-state index >= 15 is 0 Å². The van der Waals surface area contributed by atoms with Crippen LogP contribution in [0.25, 0.3) is 10.9 Å². The van der Waals surface area contributed by atoms with Gasteiger partial charge in [-0.05, 0) is 48.7 Å². The number of hydrogen-bond donors (Lipinski definition) is 2. The minimum atomic E-state index is -0.208. The van der Waals surface area contributed by atoms with E-state index in [-0.39, 0.29) is 17.4 Å². The van der Waals surface area contributed by atoms with Gasteiger partial charge in [0.05, 0.1) is 5.02 Å². The Morgan fingerprint density at radius 1 is 0.966 bits per heavy atom. The summed E-state index contributed by atoms with van der Waals surface area (Å²) < 4.78 is 0. The Morgan fingerprint density at radius 3 is 2.55 bits per heavy atom. The van der Waals surface area contributed by atoms with Crippen molar-refractivity contribution in [3.05, 3.63) is 93.9 Å². The number of hydrogen-bond acceptors (Lipinski definition) is 4. The molecule has 4 aromatic rings. The van der Waals surface area contributed by atoms with Crippen molar-refractivity contribution in [2.75, 3.05) is 0 Å². The van der Waals surface area contributed by atoms with Crippen LogP contribution in [-0.2, 0) is 6.42 Å². The number of fused-ring (bicyclic) bond motifs is 1. The van der Waals surface area contributed by atoms with Gasteiger partial charge in [0.15, 0.2) is 0 Å². The van der Waals surface area contributed by atoms with Crippen LogP contribution in [0.5, 0.6) is 11.5 Å². The molecule has 0 fully saturated rings. The first-order valence-corrected chi connectivity index (χ1v) is 9.79. The SMILES string of the molecule is Cc1ccc(C(Cc2ncc(Cl)cc2C)c2ccc3cccnc3c2O)cc1O. The van der Waals surface area contributed by atoms with Crippen molar-refractivity contribution < 1.29 is 10.2 Å². The second-order valence-corrected chi connectivity index (χ2v) is 7.73. The summed E-state index contributed by atoms with van der Waals surface area (Å²) in [4.78, 5) is 8.86. The summed E-state index contributed by atoms with van der Waals surface area (Å²) in [6, 6.07) is 15.2. The highest BCUT2D eigenvalue weighted by Crippen LogP contribution is 2.39. The first-order chi connectivity index (χ1) is 13.9. The molecule has 0 saturated carbocycles.